The quantitative estimate of drug-likeness (QED) is 0.790. The zero-order valence-electron chi connectivity index (χ0n) is 12.7. The molecule has 0 aromatic heterocycles. The van der Waals surface area contributed by atoms with Gasteiger partial charge in [0, 0.05) is 16.3 Å². The Labute approximate surface area is 135 Å². The van der Waals surface area contributed by atoms with Gasteiger partial charge in [-0.1, -0.05) is 43.7 Å². The van der Waals surface area contributed by atoms with E-state index in [1.807, 2.05) is 12.1 Å². The molecule has 2 rings (SSSR count). The molecule has 0 heterocycles. The highest BCUT2D eigenvalue weighted by Crippen LogP contribution is 2.40. The molecule has 2 nitrogen and oxygen atoms in total. The van der Waals surface area contributed by atoms with Crippen LogP contribution in [0.1, 0.15) is 30.9 Å². The number of allylic oxidation sites excluding steroid dienone is 1. The van der Waals surface area contributed by atoms with Crippen LogP contribution in [0.3, 0.4) is 0 Å². The Morgan fingerprint density at radius 1 is 1.27 bits per heavy atom. The monoisotopic (exact) mass is 318 g/mol. The third-order valence-corrected chi connectivity index (χ3v) is 3.98. The van der Waals surface area contributed by atoms with E-state index < -0.39 is 0 Å². The van der Waals surface area contributed by atoms with Gasteiger partial charge in [-0.15, -0.1) is 0 Å². The molecular weight excluding hydrogens is 299 g/mol. The molecule has 22 heavy (non-hydrogen) atoms. The summed E-state index contributed by atoms with van der Waals surface area (Å²) < 4.78 is 13.6. The zero-order chi connectivity index (χ0) is 16.3. The summed E-state index contributed by atoms with van der Waals surface area (Å²) in [5, 5.41) is 0.611. The van der Waals surface area contributed by atoms with Gasteiger partial charge in [0.25, 0.3) is 0 Å². The molecule has 0 aliphatic heterocycles. The first kappa shape index (κ1) is 16.4. The van der Waals surface area contributed by atoms with Crippen LogP contribution in [0.15, 0.2) is 42.6 Å². The molecule has 0 radical (unpaired) electrons. The molecule has 0 bridgehead atoms. The first-order valence-corrected chi connectivity index (χ1v) is 7.57. The molecule has 4 N–H and O–H groups in total. The van der Waals surface area contributed by atoms with Crippen LogP contribution < -0.4 is 11.5 Å². The summed E-state index contributed by atoms with van der Waals surface area (Å²) in [7, 11) is 0. The summed E-state index contributed by atoms with van der Waals surface area (Å²) in [5.74, 6) is -0.0675. The number of hydrogen-bond donors (Lipinski definition) is 2. The maximum atomic E-state index is 13.6. The van der Waals surface area contributed by atoms with Crippen LogP contribution in [0, 0.1) is 5.82 Å². The fraction of sp³-hybridized carbons (Fsp3) is 0.222. The molecular formula is C18H20ClFN2. The van der Waals surface area contributed by atoms with Gasteiger partial charge in [0.05, 0.1) is 0 Å². The maximum Gasteiger partial charge on any atom is 0.123 e. The lowest BCUT2D eigenvalue weighted by Gasteiger charge is -2.20. The van der Waals surface area contributed by atoms with Gasteiger partial charge in [-0.2, -0.15) is 0 Å². The lowest BCUT2D eigenvalue weighted by Crippen LogP contribution is -2.04. The van der Waals surface area contributed by atoms with Crippen LogP contribution >= 0.6 is 11.6 Å². The smallest absolute Gasteiger partial charge is 0.123 e. The summed E-state index contributed by atoms with van der Waals surface area (Å²) in [4.78, 5) is 0. The van der Waals surface area contributed by atoms with Gasteiger partial charge in [-0.05, 0) is 53.4 Å². The second-order valence-electron chi connectivity index (χ2n) is 5.51. The molecule has 116 valence electrons. The van der Waals surface area contributed by atoms with E-state index in [1.54, 1.807) is 12.1 Å². The van der Waals surface area contributed by atoms with E-state index in [2.05, 4.69) is 13.8 Å². The molecule has 0 fully saturated rings. The minimum absolute atomic E-state index is 0.220. The topological polar surface area (TPSA) is 52.0 Å². The van der Waals surface area contributed by atoms with Crippen LogP contribution in [0.5, 0.6) is 0 Å². The van der Waals surface area contributed by atoms with E-state index >= 15 is 0 Å². The van der Waals surface area contributed by atoms with E-state index in [9.17, 15) is 4.39 Å². The van der Waals surface area contributed by atoms with Crippen LogP contribution in [0.25, 0.3) is 11.1 Å². The molecule has 4 heteroatoms. The first-order valence-electron chi connectivity index (χ1n) is 7.19. The highest BCUT2D eigenvalue weighted by atomic mass is 35.5. The second kappa shape index (κ2) is 6.84. The molecule has 0 aliphatic rings. The van der Waals surface area contributed by atoms with Gasteiger partial charge in [0.2, 0.25) is 0 Å². The van der Waals surface area contributed by atoms with Crippen molar-refractivity contribution in [2.45, 2.75) is 26.2 Å². The third kappa shape index (κ3) is 3.25. The predicted molar refractivity (Wildman–Crippen MR) is 92.4 cm³/mol. The Kier molecular flexibility index (Phi) is 5.09. The molecule has 0 saturated heterocycles. The Hall–Kier alpha value is -2.00. The predicted octanol–water partition coefficient (Wildman–Crippen LogP) is 4.87. The number of nitrogen functional groups attached to an aromatic ring is 1. The average molecular weight is 319 g/mol. The molecule has 2 aromatic carbocycles. The van der Waals surface area contributed by atoms with Crippen molar-refractivity contribution in [3.05, 3.63) is 64.6 Å². The van der Waals surface area contributed by atoms with E-state index in [1.165, 1.54) is 18.3 Å². The number of anilines is 1. The lowest BCUT2D eigenvalue weighted by atomic mass is 9.88. The van der Waals surface area contributed by atoms with Gasteiger partial charge < -0.3 is 11.5 Å². The van der Waals surface area contributed by atoms with Crippen molar-refractivity contribution in [2.75, 3.05) is 5.73 Å². The van der Waals surface area contributed by atoms with Crippen molar-refractivity contribution in [3.63, 3.8) is 0 Å². The van der Waals surface area contributed by atoms with Gasteiger partial charge in [-0.25, -0.2) is 4.39 Å². The molecule has 0 unspecified atom stereocenters. The summed E-state index contributed by atoms with van der Waals surface area (Å²) in [6.07, 6.45) is 3.80. The number of halogens is 2. The van der Waals surface area contributed by atoms with Crippen molar-refractivity contribution >= 4 is 17.3 Å². The number of hydrogen-bond acceptors (Lipinski definition) is 2. The van der Waals surface area contributed by atoms with Crippen molar-refractivity contribution < 1.29 is 4.39 Å². The molecule has 0 amide bonds. The zero-order valence-corrected chi connectivity index (χ0v) is 13.5. The molecule has 0 spiro atoms. The van der Waals surface area contributed by atoms with Crippen molar-refractivity contribution in [1.29, 1.82) is 0 Å². The Bertz CT molecular complexity index is 708. The summed E-state index contributed by atoms with van der Waals surface area (Å²) in [6, 6.07) is 8.37. The van der Waals surface area contributed by atoms with Crippen molar-refractivity contribution in [3.8, 4) is 11.1 Å². The third-order valence-electron chi connectivity index (χ3n) is 3.65. The minimum Gasteiger partial charge on any atom is -0.405 e. The standard InChI is InChI=1S/C18H20ClFN2/c1-11(2)15-10-16(19)14(7-4-8-21)18(22)17(15)12-5-3-6-13(20)9-12/h3-6,8-11H,7,21-22H2,1-2H3. The SMILES string of the molecule is CC(C)c1cc(Cl)c(CC=CN)c(N)c1-c1cccc(F)c1. The normalized spacial score (nSPS) is 11.5. The summed E-state index contributed by atoms with van der Waals surface area (Å²) in [5.41, 5.74) is 15.8. The summed E-state index contributed by atoms with van der Waals surface area (Å²) in [6.45, 7) is 4.13. The van der Waals surface area contributed by atoms with Crippen LogP contribution in [0.2, 0.25) is 5.02 Å². The van der Waals surface area contributed by atoms with E-state index in [4.69, 9.17) is 23.1 Å². The average Bonchev–Trinajstić information content (AvgIpc) is 2.46. The Morgan fingerprint density at radius 2 is 2.00 bits per heavy atom. The minimum atomic E-state index is -0.287. The maximum absolute atomic E-state index is 13.6. The Morgan fingerprint density at radius 3 is 2.59 bits per heavy atom. The summed E-state index contributed by atoms with van der Waals surface area (Å²) >= 11 is 6.38. The molecule has 2 aromatic rings. The van der Waals surface area contributed by atoms with Gasteiger partial charge >= 0.3 is 0 Å². The largest absolute Gasteiger partial charge is 0.405 e. The molecule has 0 atom stereocenters. The number of rotatable bonds is 4. The highest BCUT2D eigenvalue weighted by Gasteiger charge is 2.18. The van der Waals surface area contributed by atoms with Gasteiger partial charge in [-0.3, -0.25) is 0 Å². The highest BCUT2D eigenvalue weighted by molar-refractivity contribution is 6.32. The van der Waals surface area contributed by atoms with Crippen LogP contribution in [0.4, 0.5) is 10.1 Å². The van der Waals surface area contributed by atoms with Crippen LogP contribution in [-0.4, -0.2) is 0 Å². The fourth-order valence-electron chi connectivity index (χ4n) is 2.55. The fourth-order valence-corrected chi connectivity index (χ4v) is 2.84. The van der Waals surface area contributed by atoms with Crippen molar-refractivity contribution in [1.82, 2.24) is 0 Å². The van der Waals surface area contributed by atoms with E-state index in [-0.39, 0.29) is 11.7 Å². The lowest BCUT2D eigenvalue weighted by molar-refractivity contribution is 0.628. The van der Waals surface area contributed by atoms with E-state index in [0.29, 0.717) is 17.1 Å². The second-order valence-corrected chi connectivity index (χ2v) is 5.92. The van der Waals surface area contributed by atoms with E-state index in [0.717, 1.165) is 22.3 Å². The number of nitrogens with two attached hydrogens (primary N) is 2. The number of benzene rings is 2. The Balaban J connectivity index is 2.73. The van der Waals surface area contributed by atoms with Gasteiger partial charge in [0.1, 0.15) is 5.82 Å². The van der Waals surface area contributed by atoms with Crippen LogP contribution in [-0.2, 0) is 6.42 Å². The molecule has 0 saturated carbocycles. The van der Waals surface area contributed by atoms with Gasteiger partial charge in [0.15, 0.2) is 0 Å². The van der Waals surface area contributed by atoms with Crippen molar-refractivity contribution in [2.24, 2.45) is 5.73 Å². The molecule has 0 aliphatic carbocycles. The first-order chi connectivity index (χ1) is 10.5.